The van der Waals surface area contributed by atoms with E-state index in [1.807, 2.05) is 0 Å². The second kappa shape index (κ2) is 7.00. The first-order chi connectivity index (χ1) is 10.5. The van der Waals surface area contributed by atoms with Crippen LogP contribution in [0, 0.1) is 0 Å². The average Bonchev–Trinajstić information content (AvgIpc) is 2.50. The van der Waals surface area contributed by atoms with Gasteiger partial charge in [-0.1, -0.05) is 11.8 Å². The van der Waals surface area contributed by atoms with Gasteiger partial charge in [0.2, 0.25) is 0 Å². The largest absolute Gasteiger partial charge is 0.508 e. The first kappa shape index (κ1) is 15.9. The molecule has 2 N–H and O–H groups in total. The van der Waals surface area contributed by atoms with Gasteiger partial charge in [0.05, 0.1) is 19.1 Å². The molecular formula is C16H14O5S. The third-order valence-corrected chi connectivity index (χ3v) is 3.90. The smallest absolute Gasteiger partial charge is 0.337 e. The van der Waals surface area contributed by atoms with Crippen molar-refractivity contribution in [3.05, 3.63) is 53.6 Å². The van der Waals surface area contributed by atoms with E-state index in [0.717, 1.165) is 9.79 Å². The molecule has 0 saturated carbocycles. The standard InChI is InChI=1S/C16H14O5S/c1-21-16(20)10-2-4-12(5-3-10)22-13-6-7-14(17)11(8-13)9-15(18)19/h2-8,17H,9H2,1H3,(H,18,19). The first-order valence-electron chi connectivity index (χ1n) is 6.39. The van der Waals surface area contributed by atoms with Crippen molar-refractivity contribution < 1.29 is 24.5 Å². The Balaban J connectivity index is 2.16. The van der Waals surface area contributed by atoms with E-state index in [9.17, 15) is 14.7 Å². The second-order valence-corrected chi connectivity index (χ2v) is 5.63. The zero-order valence-corrected chi connectivity index (χ0v) is 12.6. The normalized spacial score (nSPS) is 10.2. The first-order valence-corrected chi connectivity index (χ1v) is 7.21. The van der Waals surface area contributed by atoms with E-state index in [1.54, 1.807) is 36.4 Å². The molecule has 0 atom stereocenters. The zero-order valence-electron chi connectivity index (χ0n) is 11.8. The molecule has 0 saturated heterocycles. The molecule has 6 heteroatoms. The third kappa shape index (κ3) is 4.02. The Morgan fingerprint density at radius 1 is 1.09 bits per heavy atom. The van der Waals surface area contributed by atoms with Crippen molar-refractivity contribution in [2.45, 2.75) is 16.2 Å². The van der Waals surface area contributed by atoms with Gasteiger partial charge in [-0.05, 0) is 42.5 Å². The number of hydrogen-bond donors (Lipinski definition) is 2. The monoisotopic (exact) mass is 318 g/mol. The molecule has 0 spiro atoms. The van der Waals surface area contributed by atoms with Crippen molar-refractivity contribution >= 4 is 23.7 Å². The molecule has 0 unspecified atom stereocenters. The van der Waals surface area contributed by atoms with Gasteiger partial charge in [-0.25, -0.2) is 4.79 Å². The molecule has 5 nitrogen and oxygen atoms in total. The lowest BCUT2D eigenvalue weighted by Crippen LogP contribution is -2.00. The number of aromatic hydroxyl groups is 1. The number of methoxy groups -OCH3 is 1. The minimum Gasteiger partial charge on any atom is -0.508 e. The number of aliphatic carboxylic acids is 1. The van der Waals surface area contributed by atoms with Crippen LogP contribution >= 0.6 is 11.8 Å². The summed E-state index contributed by atoms with van der Waals surface area (Å²) in [6.45, 7) is 0. The Morgan fingerprint density at radius 3 is 2.32 bits per heavy atom. The average molecular weight is 318 g/mol. The number of ether oxygens (including phenoxy) is 1. The fourth-order valence-corrected chi connectivity index (χ4v) is 2.72. The van der Waals surface area contributed by atoms with Gasteiger partial charge in [-0.2, -0.15) is 0 Å². The highest BCUT2D eigenvalue weighted by atomic mass is 32.2. The number of rotatable bonds is 5. The number of phenols is 1. The summed E-state index contributed by atoms with van der Waals surface area (Å²) in [6, 6.07) is 11.7. The third-order valence-electron chi connectivity index (χ3n) is 2.90. The Labute approximate surface area is 131 Å². The topological polar surface area (TPSA) is 83.8 Å². The Morgan fingerprint density at radius 2 is 1.73 bits per heavy atom. The molecule has 0 aliphatic heterocycles. The van der Waals surface area contributed by atoms with Crippen LogP contribution in [0.25, 0.3) is 0 Å². The summed E-state index contributed by atoms with van der Waals surface area (Å²) in [5.41, 5.74) is 0.827. The highest BCUT2D eigenvalue weighted by Gasteiger charge is 2.09. The predicted molar refractivity (Wildman–Crippen MR) is 81.4 cm³/mol. The maximum atomic E-state index is 11.4. The van der Waals surface area contributed by atoms with Crippen LogP contribution in [-0.2, 0) is 16.0 Å². The summed E-state index contributed by atoms with van der Waals surface area (Å²) < 4.78 is 4.63. The molecule has 0 heterocycles. The lowest BCUT2D eigenvalue weighted by atomic mass is 10.1. The van der Waals surface area contributed by atoms with Crippen LogP contribution in [0.4, 0.5) is 0 Å². The number of carbonyl (C=O) groups excluding carboxylic acids is 1. The van der Waals surface area contributed by atoms with Crippen molar-refractivity contribution in [3.8, 4) is 5.75 Å². The fraction of sp³-hybridized carbons (Fsp3) is 0.125. The molecule has 0 fully saturated rings. The number of hydrogen-bond acceptors (Lipinski definition) is 5. The molecule has 2 rings (SSSR count). The molecular weight excluding hydrogens is 304 g/mol. The zero-order chi connectivity index (χ0) is 16.1. The highest BCUT2D eigenvalue weighted by Crippen LogP contribution is 2.31. The lowest BCUT2D eigenvalue weighted by Gasteiger charge is -2.07. The van der Waals surface area contributed by atoms with Crippen molar-refractivity contribution in [1.82, 2.24) is 0 Å². The van der Waals surface area contributed by atoms with Gasteiger partial charge in [0.25, 0.3) is 0 Å². The fourth-order valence-electron chi connectivity index (χ4n) is 1.84. The molecule has 22 heavy (non-hydrogen) atoms. The van der Waals surface area contributed by atoms with E-state index in [2.05, 4.69) is 4.74 Å². The molecule has 0 amide bonds. The molecule has 114 valence electrons. The van der Waals surface area contributed by atoms with Crippen LogP contribution < -0.4 is 0 Å². The second-order valence-electron chi connectivity index (χ2n) is 4.48. The Kier molecular flexibility index (Phi) is 5.06. The lowest BCUT2D eigenvalue weighted by molar-refractivity contribution is -0.136. The summed E-state index contributed by atoms with van der Waals surface area (Å²) in [5, 5.41) is 18.5. The number of benzene rings is 2. The maximum Gasteiger partial charge on any atom is 0.337 e. The summed E-state index contributed by atoms with van der Waals surface area (Å²) in [5.74, 6) is -1.43. The molecule has 0 radical (unpaired) electrons. The van der Waals surface area contributed by atoms with Crippen LogP contribution in [0.3, 0.4) is 0 Å². The van der Waals surface area contributed by atoms with Crippen molar-refractivity contribution in [2.24, 2.45) is 0 Å². The van der Waals surface area contributed by atoms with Gasteiger partial charge in [-0.3, -0.25) is 4.79 Å². The van der Waals surface area contributed by atoms with Gasteiger partial charge in [0, 0.05) is 15.4 Å². The van der Waals surface area contributed by atoms with E-state index in [1.165, 1.54) is 24.9 Å². The maximum absolute atomic E-state index is 11.4. The number of esters is 1. The molecule has 0 aliphatic carbocycles. The quantitative estimate of drug-likeness (QED) is 0.825. The van der Waals surface area contributed by atoms with Gasteiger partial charge >= 0.3 is 11.9 Å². The van der Waals surface area contributed by atoms with Crippen molar-refractivity contribution in [1.29, 1.82) is 0 Å². The van der Waals surface area contributed by atoms with E-state index in [0.29, 0.717) is 11.1 Å². The number of carboxylic acid groups (broad SMARTS) is 1. The van der Waals surface area contributed by atoms with Gasteiger partial charge in [0.1, 0.15) is 5.75 Å². The van der Waals surface area contributed by atoms with Crippen LogP contribution in [-0.4, -0.2) is 29.3 Å². The van der Waals surface area contributed by atoms with Crippen LogP contribution in [0.1, 0.15) is 15.9 Å². The van der Waals surface area contributed by atoms with E-state index < -0.39 is 11.9 Å². The molecule has 0 aliphatic rings. The van der Waals surface area contributed by atoms with Crippen LogP contribution in [0.2, 0.25) is 0 Å². The van der Waals surface area contributed by atoms with E-state index >= 15 is 0 Å². The SMILES string of the molecule is COC(=O)c1ccc(Sc2ccc(O)c(CC(=O)O)c2)cc1. The molecule has 0 aromatic heterocycles. The number of carbonyl (C=O) groups is 2. The predicted octanol–water partition coefficient (Wildman–Crippen LogP) is 2.96. The minimum atomic E-state index is -1.00. The summed E-state index contributed by atoms with van der Waals surface area (Å²) in [4.78, 5) is 23.8. The molecule has 2 aromatic carbocycles. The summed E-state index contributed by atoms with van der Waals surface area (Å²) in [7, 11) is 1.32. The van der Waals surface area contributed by atoms with Crippen molar-refractivity contribution in [3.63, 3.8) is 0 Å². The molecule has 0 bridgehead atoms. The Hall–Kier alpha value is -2.47. The van der Waals surface area contributed by atoms with E-state index in [-0.39, 0.29) is 12.2 Å². The summed E-state index contributed by atoms with van der Waals surface area (Å²) >= 11 is 1.41. The van der Waals surface area contributed by atoms with Gasteiger partial charge in [0.15, 0.2) is 0 Å². The Bertz CT molecular complexity index is 694. The van der Waals surface area contributed by atoms with E-state index in [4.69, 9.17) is 5.11 Å². The molecule has 2 aromatic rings. The highest BCUT2D eigenvalue weighted by molar-refractivity contribution is 7.99. The van der Waals surface area contributed by atoms with Crippen LogP contribution in [0.5, 0.6) is 5.75 Å². The number of phenolic OH excluding ortho intramolecular Hbond substituents is 1. The van der Waals surface area contributed by atoms with Gasteiger partial charge in [-0.15, -0.1) is 0 Å². The summed E-state index contributed by atoms with van der Waals surface area (Å²) in [6.07, 6.45) is -0.235. The van der Waals surface area contributed by atoms with Gasteiger partial charge < -0.3 is 14.9 Å². The number of carboxylic acids is 1. The van der Waals surface area contributed by atoms with Crippen LogP contribution in [0.15, 0.2) is 52.3 Å². The van der Waals surface area contributed by atoms with Crippen molar-refractivity contribution in [2.75, 3.05) is 7.11 Å². The minimum absolute atomic E-state index is 0.0345.